The van der Waals surface area contributed by atoms with E-state index in [0.717, 1.165) is 22.3 Å². The first-order valence-electron chi connectivity index (χ1n) is 5.74. The average Bonchev–Trinajstić information content (AvgIpc) is 2.37. The topological polar surface area (TPSA) is 37.3 Å². The summed E-state index contributed by atoms with van der Waals surface area (Å²) in [4.78, 5) is 11.0. The normalized spacial score (nSPS) is 11.3. The van der Waals surface area contributed by atoms with Crippen molar-refractivity contribution in [3.63, 3.8) is 0 Å². The zero-order chi connectivity index (χ0) is 13.0. The van der Waals surface area contributed by atoms with Crippen molar-refractivity contribution in [3.8, 4) is 0 Å². The lowest BCUT2D eigenvalue weighted by atomic mass is 9.96. The summed E-state index contributed by atoms with van der Waals surface area (Å²) in [5.74, 6) is -0.935. The van der Waals surface area contributed by atoms with E-state index in [1.165, 1.54) is 6.08 Å². The van der Waals surface area contributed by atoms with E-state index in [1.54, 1.807) is 0 Å². The van der Waals surface area contributed by atoms with Crippen molar-refractivity contribution < 1.29 is 9.90 Å². The highest BCUT2D eigenvalue weighted by Crippen LogP contribution is 2.23. The fourth-order valence-corrected chi connectivity index (χ4v) is 1.89. The fourth-order valence-electron chi connectivity index (χ4n) is 1.89. The van der Waals surface area contributed by atoms with Crippen LogP contribution in [0.2, 0.25) is 0 Å². The molecule has 0 fully saturated rings. The molecule has 0 amide bonds. The summed E-state index contributed by atoms with van der Waals surface area (Å²) < 4.78 is 0. The van der Waals surface area contributed by atoms with Gasteiger partial charge in [0.15, 0.2) is 0 Å². The van der Waals surface area contributed by atoms with Gasteiger partial charge in [0.25, 0.3) is 0 Å². The Morgan fingerprint density at radius 2 is 1.67 bits per heavy atom. The van der Waals surface area contributed by atoms with Crippen molar-refractivity contribution in [1.29, 1.82) is 0 Å². The number of aryl methyl sites for hydroxylation is 1. The Balaban J connectivity index is 2.54. The Hall–Kier alpha value is -2.35. The molecule has 2 nitrogen and oxygen atoms in total. The lowest BCUT2D eigenvalue weighted by Gasteiger charge is -2.08. The van der Waals surface area contributed by atoms with Crippen molar-refractivity contribution in [2.24, 2.45) is 0 Å². The number of carboxylic acid groups (broad SMARTS) is 1. The zero-order valence-electron chi connectivity index (χ0n) is 10.1. The van der Waals surface area contributed by atoms with Crippen LogP contribution in [-0.4, -0.2) is 11.1 Å². The van der Waals surface area contributed by atoms with E-state index < -0.39 is 5.97 Å². The van der Waals surface area contributed by atoms with Crippen LogP contribution in [0.25, 0.3) is 5.57 Å². The first-order valence-corrected chi connectivity index (χ1v) is 5.74. The van der Waals surface area contributed by atoms with Gasteiger partial charge in [-0.15, -0.1) is 0 Å². The van der Waals surface area contributed by atoms with Gasteiger partial charge < -0.3 is 5.11 Å². The molecule has 0 atom stereocenters. The molecule has 18 heavy (non-hydrogen) atoms. The molecule has 0 aromatic heterocycles. The number of hydrogen-bond acceptors (Lipinski definition) is 1. The van der Waals surface area contributed by atoms with Crippen molar-refractivity contribution >= 4 is 11.5 Å². The van der Waals surface area contributed by atoms with Crippen LogP contribution in [0.1, 0.15) is 16.7 Å². The Morgan fingerprint density at radius 1 is 1.00 bits per heavy atom. The molecule has 0 saturated carbocycles. The van der Waals surface area contributed by atoms with Crippen LogP contribution in [0.4, 0.5) is 0 Å². The van der Waals surface area contributed by atoms with Crippen molar-refractivity contribution in [3.05, 3.63) is 77.4 Å². The van der Waals surface area contributed by atoms with Crippen LogP contribution in [0.15, 0.2) is 60.7 Å². The van der Waals surface area contributed by atoms with Gasteiger partial charge in [-0.3, -0.25) is 0 Å². The lowest BCUT2D eigenvalue weighted by Crippen LogP contribution is -1.95. The Morgan fingerprint density at radius 3 is 2.28 bits per heavy atom. The van der Waals surface area contributed by atoms with Crippen LogP contribution in [0.5, 0.6) is 0 Å². The molecule has 0 saturated heterocycles. The summed E-state index contributed by atoms with van der Waals surface area (Å²) in [6, 6.07) is 17.4. The highest BCUT2D eigenvalue weighted by molar-refractivity contribution is 5.95. The molecule has 90 valence electrons. The van der Waals surface area contributed by atoms with Crippen LogP contribution in [0, 0.1) is 6.92 Å². The maximum Gasteiger partial charge on any atom is 0.328 e. The van der Waals surface area contributed by atoms with E-state index >= 15 is 0 Å². The molecule has 2 heteroatoms. The number of aliphatic carboxylic acids is 1. The third-order valence-electron chi connectivity index (χ3n) is 2.68. The highest BCUT2D eigenvalue weighted by Gasteiger charge is 2.06. The summed E-state index contributed by atoms with van der Waals surface area (Å²) >= 11 is 0. The molecular weight excluding hydrogens is 224 g/mol. The zero-order valence-corrected chi connectivity index (χ0v) is 10.1. The smallest absolute Gasteiger partial charge is 0.328 e. The van der Waals surface area contributed by atoms with Gasteiger partial charge in [-0.25, -0.2) is 4.79 Å². The maximum absolute atomic E-state index is 11.0. The quantitative estimate of drug-likeness (QED) is 0.831. The van der Waals surface area contributed by atoms with E-state index in [-0.39, 0.29) is 0 Å². The summed E-state index contributed by atoms with van der Waals surface area (Å²) in [7, 11) is 0. The van der Waals surface area contributed by atoms with Gasteiger partial charge in [0.2, 0.25) is 0 Å². The number of carboxylic acids is 1. The largest absolute Gasteiger partial charge is 0.478 e. The van der Waals surface area contributed by atoms with Gasteiger partial charge in [0.05, 0.1) is 0 Å². The van der Waals surface area contributed by atoms with E-state index in [4.69, 9.17) is 5.11 Å². The minimum Gasteiger partial charge on any atom is -0.478 e. The molecule has 0 aliphatic heterocycles. The third-order valence-corrected chi connectivity index (χ3v) is 2.68. The second-order valence-corrected chi connectivity index (χ2v) is 4.13. The molecule has 0 aliphatic carbocycles. The highest BCUT2D eigenvalue weighted by atomic mass is 16.4. The monoisotopic (exact) mass is 238 g/mol. The van der Waals surface area contributed by atoms with Gasteiger partial charge in [-0.2, -0.15) is 0 Å². The molecule has 0 radical (unpaired) electrons. The predicted octanol–water partition coefficient (Wildman–Crippen LogP) is 3.51. The molecule has 0 bridgehead atoms. The number of hydrogen-bond donors (Lipinski definition) is 1. The predicted molar refractivity (Wildman–Crippen MR) is 72.3 cm³/mol. The van der Waals surface area contributed by atoms with E-state index in [2.05, 4.69) is 0 Å². The maximum atomic E-state index is 11.0. The second-order valence-electron chi connectivity index (χ2n) is 4.13. The Kier molecular flexibility index (Phi) is 3.58. The van der Waals surface area contributed by atoms with Crippen molar-refractivity contribution in [2.45, 2.75) is 6.92 Å². The fraction of sp³-hybridized carbons (Fsp3) is 0.0625. The van der Waals surface area contributed by atoms with E-state index in [9.17, 15) is 4.79 Å². The van der Waals surface area contributed by atoms with Crippen LogP contribution in [-0.2, 0) is 4.79 Å². The number of carbonyl (C=O) groups is 1. The molecule has 2 aromatic carbocycles. The van der Waals surface area contributed by atoms with Gasteiger partial charge in [-0.05, 0) is 23.6 Å². The minimum absolute atomic E-state index is 0.729. The Bertz CT molecular complexity index is 583. The minimum atomic E-state index is -0.935. The number of rotatable bonds is 3. The standard InChI is InChI=1S/C16H14O2/c1-12-6-5-9-14(10-12)15(11-16(17)18)13-7-3-2-4-8-13/h2-11H,1H3,(H,17,18)/b15-11-. The first kappa shape index (κ1) is 12.1. The van der Waals surface area contributed by atoms with E-state index in [0.29, 0.717) is 0 Å². The second kappa shape index (κ2) is 5.32. The molecule has 2 aromatic rings. The molecule has 0 unspecified atom stereocenters. The van der Waals surface area contributed by atoms with Crippen molar-refractivity contribution in [1.82, 2.24) is 0 Å². The lowest BCUT2D eigenvalue weighted by molar-refractivity contribution is -0.131. The summed E-state index contributed by atoms with van der Waals surface area (Å²) in [6.45, 7) is 1.99. The summed E-state index contributed by atoms with van der Waals surface area (Å²) in [5.41, 5.74) is 3.67. The van der Waals surface area contributed by atoms with Crippen LogP contribution >= 0.6 is 0 Å². The van der Waals surface area contributed by atoms with Crippen LogP contribution in [0.3, 0.4) is 0 Å². The molecule has 0 spiro atoms. The summed E-state index contributed by atoms with van der Waals surface area (Å²) in [6.07, 6.45) is 1.25. The molecule has 0 heterocycles. The molecule has 0 aliphatic rings. The van der Waals surface area contributed by atoms with Crippen molar-refractivity contribution in [2.75, 3.05) is 0 Å². The van der Waals surface area contributed by atoms with Gasteiger partial charge in [0, 0.05) is 6.08 Å². The Labute approximate surface area is 106 Å². The average molecular weight is 238 g/mol. The van der Waals surface area contributed by atoms with Gasteiger partial charge in [-0.1, -0.05) is 60.2 Å². The third kappa shape index (κ3) is 2.86. The molecule has 1 N–H and O–H groups in total. The summed E-state index contributed by atoms with van der Waals surface area (Å²) in [5, 5.41) is 9.00. The van der Waals surface area contributed by atoms with Gasteiger partial charge in [0.1, 0.15) is 0 Å². The van der Waals surface area contributed by atoms with Crippen LogP contribution < -0.4 is 0 Å². The van der Waals surface area contributed by atoms with Gasteiger partial charge >= 0.3 is 5.97 Å². The first-order chi connectivity index (χ1) is 8.66. The molecule has 2 rings (SSSR count). The molecular formula is C16H14O2. The van der Waals surface area contributed by atoms with E-state index in [1.807, 2.05) is 61.5 Å². The SMILES string of the molecule is Cc1cccc(/C(=C\C(=O)O)c2ccccc2)c1. The number of benzene rings is 2.